The molecule has 0 aliphatic carbocycles. The third kappa shape index (κ3) is 2.72. The summed E-state index contributed by atoms with van der Waals surface area (Å²) in [5, 5.41) is 10.5. The van der Waals surface area contributed by atoms with E-state index in [-0.39, 0.29) is 0 Å². The lowest BCUT2D eigenvalue weighted by Gasteiger charge is -2.13. The molecule has 1 radical (unpaired) electrons. The molecule has 2 N–H and O–H groups in total. The van der Waals surface area contributed by atoms with Gasteiger partial charge >= 0.3 is 0 Å². The van der Waals surface area contributed by atoms with Gasteiger partial charge in [0.15, 0.2) is 0 Å². The van der Waals surface area contributed by atoms with Crippen LogP contribution in [0.5, 0.6) is 0 Å². The van der Waals surface area contributed by atoms with Gasteiger partial charge in [-0.3, -0.25) is 5.10 Å². The normalized spacial score (nSPS) is 10.4. The molecule has 0 fully saturated rings. The summed E-state index contributed by atoms with van der Waals surface area (Å²) in [4.78, 5) is 0. The SMILES string of the molecule is [CH2]c1ccccc1Nc1ccccc1Cc1cc[nH]n1. The van der Waals surface area contributed by atoms with Gasteiger partial charge < -0.3 is 5.32 Å². The van der Waals surface area contributed by atoms with E-state index >= 15 is 0 Å². The van der Waals surface area contributed by atoms with Crippen LogP contribution in [0.1, 0.15) is 16.8 Å². The maximum atomic E-state index is 4.21. The standard InChI is InChI=1S/C17H16N3/c1-13-6-2-4-8-16(13)19-17-9-5-3-7-14(17)12-15-10-11-18-20-15/h2-11,19H,1,12H2,(H,18,20). The van der Waals surface area contributed by atoms with Crippen LogP contribution in [0, 0.1) is 6.92 Å². The van der Waals surface area contributed by atoms with E-state index < -0.39 is 0 Å². The van der Waals surface area contributed by atoms with Crippen LogP contribution in [0.3, 0.4) is 0 Å². The Bertz CT molecular complexity index is 687. The fourth-order valence-corrected chi connectivity index (χ4v) is 2.17. The second kappa shape index (κ2) is 5.61. The lowest BCUT2D eigenvalue weighted by molar-refractivity contribution is 0.997. The number of aromatic nitrogens is 2. The number of H-pyrrole nitrogens is 1. The van der Waals surface area contributed by atoms with Crippen LogP contribution in [-0.2, 0) is 6.42 Å². The van der Waals surface area contributed by atoms with Crippen molar-refractivity contribution in [1.82, 2.24) is 10.2 Å². The van der Waals surface area contributed by atoms with E-state index in [1.54, 1.807) is 0 Å². The quantitative estimate of drug-likeness (QED) is 0.748. The second-order valence-electron chi connectivity index (χ2n) is 4.68. The highest BCUT2D eigenvalue weighted by molar-refractivity contribution is 5.66. The molecule has 0 saturated heterocycles. The summed E-state index contributed by atoms with van der Waals surface area (Å²) in [7, 11) is 0. The lowest BCUT2D eigenvalue weighted by atomic mass is 10.1. The smallest absolute Gasteiger partial charge is 0.0666 e. The van der Waals surface area contributed by atoms with E-state index in [0.717, 1.165) is 29.1 Å². The third-order valence-electron chi connectivity index (χ3n) is 3.23. The first-order valence-electron chi connectivity index (χ1n) is 6.57. The predicted molar refractivity (Wildman–Crippen MR) is 82.0 cm³/mol. The Hall–Kier alpha value is -2.55. The molecule has 0 saturated carbocycles. The Morgan fingerprint density at radius 2 is 1.70 bits per heavy atom. The minimum Gasteiger partial charge on any atom is -0.355 e. The highest BCUT2D eigenvalue weighted by Gasteiger charge is 2.05. The molecule has 0 unspecified atom stereocenters. The Labute approximate surface area is 118 Å². The average molecular weight is 262 g/mol. The third-order valence-corrected chi connectivity index (χ3v) is 3.23. The first-order valence-corrected chi connectivity index (χ1v) is 6.57. The maximum Gasteiger partial charge on any atom is 0.0666 e. The first kappa shape index (κ1) is 12.5. The first-order chi connectivity index (χ1) is 9.83. The summed E-state index contributed by atoms with van der Waals surface area (Å²) >= 11 is 0. The maximum absolute atomic E-state index is 4.21. The largest absolute Gasteiger partial charge is 0.355 e. The number of hydrogen-bond donors (Lipinski definition) is 2. The molecule has 0 spiro atoms. The predicted octanol–water partition coefficient (Wildman–Crippen LogP) is 3.93. The van der Waals surface area contributed by atoms with Gasteiger partial charge in [0, 0.05) is 24.0 Å². The minimum absolute atomic E-state index is 0.798. The molecule has 0 aliphatic heterocycles. The van der Waals surface area contributed by atoms with Gasteiger partial charge in [-0.25, -0.2) is 0 Å². The van der Waals surface area contributed by atoms with Crippen molar-refractivity contribution in [3.05, 3.63) is 84.5 Å². The van der Waals surface area contributed by atoms with E-state index in [9.17, 15) is 0 Å². The Kier molecular flexibility index (Phi) is 3.50. The molecule has 1 aromatic heterocycles. The van der Waals surface area contributed by atoms with Gasteiger partial charge in [-0.1, -0.05) is 36.4 Å². The number of anilines is 2. The van der Waals surface area contributed by atoms with Crippen molar-refractivity contribution >= 4 is 11.4 Å². The van der Waals surface area contributed by atoms with Crippen LogP contribution in [0.4, 0.5) is 11.4 Å². The average Bonchev–Trinajstić information content (AvgIpc) is 2.96. The molecule has 20 heavy (non-hydrogen) atoms. The molecule has 0 bridgehead atoms. The second-order valence-corrected chi connectivity index (χ2v) is 4.68. The van der Waals surface area contributed by atoms with Crippen LogP contribution < -0.4 is 5.32 Å². The van der Waals surface area contributed by atoms with Crippen molar-refractivity contribution in [2.45, 2.75) is 6.42 Å². The Morgan fingerprint density at radius 3 is 2.45 bits per heavy atom. The molecule has 3 rings (SSSR count). The van der Waals surface area contributed by atoms with Gasteiger partial charge in [-0.15, -0.1) is 0 Å². The van der Waals surface area contributed by atoms with Crippen molar-refractivity contribution in [3.8, 4) is 0 Å². The van der Waals surface area contributed by atoms with E-state index in [4.69, 9.17) is 0 Å². The lowest BCUT2D eigenvalue weighted by Crippen LogP contribution is -1.98. The topological polar surface area (TPSA) is 40.7 Å². The number of benzene rings is 2. The van der Waals surface area contributed by atoms with Crippen molar-refractivity contribution in [3.63, 3.8) is 0 Å². The highest BCUT2D eigenvalue weighted by atomic mass is 15.1. The van der Waals surface area contributed by atoms with Gasteiger partial charge in [0.1, 0.15) is 0 Å². The minimum atomic E-state index is 0.798. The molecular formula is C17H16N3. The summed E-state index contributed by atoms with van der Waals surface area (Å²) in [5.74, 6) is 0. The van der Waals surface area contributed by atoms with E-state index in [0.29, 0.717) is 0 Å². The van der Waals surface area contributed by atoms with Crippen molar-refractivity contribution < 1.29 is 0 Å². The molecule has 99 valence electrons. The fourth-order valence-electron chi connectivity index (χ4n) is 2.17. The molecule has 3 nitrogen and oxygen atoms in total. The fraction of sp³-hybridized carbons (Fsp3) is 0.0588. The van der Waals surface area contributed by atoms with Gasteiger partial charge in [-0.2, -0.15) is 5.10 Å². The summed E-state index contributed by atoms with van der Waals surface area (Å²) in [6, 6.07) is 18.3. The van der Waals surface area contributed by atoms with E-state index in [1.807, 2.05) is 48.7 Å². The van der Waals surface area contributed by atoms with Crippen LogP contribution in [0.2, 0.25) is 0 Å². The van der Waals surface area contributed by atoms with Gasteiger partial charge in [-0.05, 0) is 36.2 Å². The van der Waals surface area contributed by atoms with Crippen molar-refractivity contribution in [2.24, 2.45) is 0 Å². The highest BCUT2D eigenvalue weighted by Crippen LogP contribution is 2.24. The number of rotatable bonds is 4. The molecule has 2 aromatic carbocycles. The van der Waals surface area contributed by atoms with Gasteiger partial charge in [0.25, 0.3) is 0 Å². The van der Waals surface area contributed by atoms with E-state index in [1.165, 1.54) is 5.56 Å². The zero-order valence-electron chi connectivity index (χ0n) is 11.1. The molecular weight excluding hydrogens is 246 g/mol. The number of hydrogen-bond acceptors (Lipinski definition) is 2. The molecule has 3 heteroatoms. The molecule has 1 heterocycles. The van der Waals surface area contributed by atoms with Crippen molar-refractivity contribution in [2.75, 3.05) is 5.32 Å². The molecule has 3 aromatic rings. The number of nitrogens with one attached hydrogen (secondary N) is 2. The summed E-state index contributed by atoms with van der Waals surface area (Å²) in [6.45, 7) is 4.04. The van der Waals surface area contributed by atoms with E-state index in [2.05, 4.69) is 34.6 Å². The van der Waals surface area contributed by atoms with Gasteiger partial charge in [0.05, 0.1) is 5.69 Å². The number of nitrogens with zero attached hydrogens (tertiary/aromatic N) is 1. The summed E-state index contributed by atoms with van der Waals surface area (Å²) in [6.07, 6.45) is 2.64. The molecule has 0 aliphatic rings. The Balaban J connectivity index is 1.88. The molecule has 0 amide bonds. The summed E-state index contributed by atoms with van der Waals surface area (Å²) < 4.78 is 0. The monoisotopic (exact) mass is 262 g/mol. The Morgan fingerprint density at radius 1 is 0.950 bits per heavy atom. The summed E-state index contributed by atoms with van der Waals surface area (Å²) in [5.41, 5.74) is 5.35. The number of aromatic amines is 1. The van der Waals surface area contributed by atoms with Crippen LogP contribution in [0.15, 0.2) is 60.8 Å². The van der Waals surface area contributed by atoms with Crippen molar-refractivity contribution in [1.29, 1.82) is 0 Å². The molecule has 0 atom stereocenters. The van der Waals surface area contributed by atoms with Crippen LogP contribution in [0.25, 0.3) is 0 Å². The number of para-hydroxylation sites is 2. The van der Waals surface area contributed by atoms with Gasteiger partial charge in [0.2, 0.25) is 0 Å². The van der Waals surface area contributed by atoms with Crippen LogP contribution >= 0.6 is 0 Å². The van der Waals surface area contributed by atoms with Crippen LogP contribution in [-0.4, -0.2) is 10.2 Å². The zero-order valence-corrected chi connectivity index (χ0v) is 11.1. The zero-order chi connectivity index (χ0) is 13.8.